The molecule has 2 aromatic carbocycles. The Kier molecular flexibility index (Phi) is 5.62. The van der Waals surface area contributed by atoms with Crippen LogP contribution in [0.25, 0.3) is 0 Å². The summed E-state index contributed by atoms with van der Waals surface area (Å²) in [7, 11) is -3.88. The number of nitrogens with zero attached hydrogens (tertiary/aromatic N) is 4. The molecule has 4 N–H and O–H groups in total. The van der Waals surface area contributed by atoms with Crippen molar-refractivity contribution in [3.63, 3.8) is 0 Å². The molecular formula is C22H28N6O2S. The summed E-state index contributed by atoms with van der Waals surface area (Å²) in [5, 5.41) is 0. The van der Waals surface area contributed by atoms with Crippen LogP contribution in [0.2, 0.25) is 0 Å². The van der Waals surface area contributed by atoms with Crippen molar-refractivity contribution in [2.45, 2.75) is 49.6 Å². The van der Waals surface area contributed by atoms with Gasteiger partial charge in [-0.2, -0.15) is 4.99 Å². The van der Waals surface area contributed by atoms with Crippen LogP contribution in [0.1, 0.15) is 39.0 Å². The molecule has 1 aliphatic heterocycles. The maximum atomic E-state index is 13.8. The minimum Gasteiger partial charge on any atom is -0.369 e. The SMILES string of the molecule is CCN(c1ccccc1)S(=O)(=O)c1ccccc1N1C(N)=NC(N)=NC12CCCCC2. The van der Waals surface area contributed by atoms with Crippen molar-refractivity contribution in [3.8, 4) is 0 Å². The van der Waals surface area contributed by atoms with E-state index >= 15 is 0 Å². The number of anilines is 2. The Bertz CT molecular complexity index is 1110. The molecule has 4 rings (SSSR count). The number of sulfonamides is 1. The molecule has 1 fully saturated rings. The fraction of sp³-hybridized carbons (Fsp3) is 0.364. The van der Waals surface area contributed by atoms with Crippen molar-refractivity contribution in [2.24, 2.45) is 21.5 Å². The van der Waals surface area contributed by atoms with E-state index in [9.17, 15) is 8.42 Å². The van der Waals surface area contributed by atoms with Gasteiger partial charge in [-0.1, -0.05) is 36.8 Å². The van der Waals surface area contributed by atoms with Crippen LogP contribution in [0.5, 0.6) is 0 Å². The van der Waals surface area contributed by atoms with Gasteiger partial charge < -0.3 is 11.5 Å². The summed E-state index contributed by atoms with van der Waals surface area (Å²) >= 11 is 0. The van der Waals surface area contributed by atoms with E-state index < -0.39 is 15.7 Å². The zero-order chi connectivity index (χ0) is 22.1. The van der Waals surface area contributed by atoms with E-state index in [-0.39, 0.29) is 16.8 Å². The fourth-order valence-corrected chi connectivity index (χ4v) is 6.18. The summed E-state index contributed by atoms with van der Waals surface area (Å²) in [5.74, 6) is 0.301. The van der Waals surface area contributed by atoms with Gasteiger partial charge in [0.25, 0.3) is 10.0 Å². The average molecular weight is 441 g/mol. The summed E-state index contributed by atoms with van der Waals surface area (Å²) < 4.78 is 29.1. The van der Waals surface area contributed by atoms with E-state index in [1.807, 2.05) is 25.1 Å². The van der Waals surface area contributed by atoms with Crippen molar-refractivity contribution in [2.75, 3.05) is 15.7 Å². The van der Waals surface area contributed by atoms with E-state index in [0.717, 1.165) is 32.1 Å². The quantitative estimate of drug-likeness (QED) is 0.741. The summed E-state index contributed by atoms with van der Waals surface area (Å²) in [6.45, 7) is 2.11. The van der Waals surface area contributed by atoms with Crippen LogP contribution < -0.4 is 20.7 Å². The number of hydrogen-bond acceptors (Lipinski definition) is 7. The smallest absolute Gasteiger partial charge is 0.266 e. The van der Waals surface area contributed by atoms with Crippen LogP contribution in [0.4, 0.5) is 11.4 Å². The highest BCUT2D eigenvalue weighted by Crippen LogP contribution is 2.42. The van der Waals surface area contributed by atoms with Gasteiger partial charge in [-0.05, 0) is 56.9 Å². The molecule has 0 unspecified atom stereocenters. The van der Waals surface area contributed by atoms with Crippen LogP contribution >= 0.6 is 0 Å². The molecule has 164 valence electrons. The summed E-state index contributed by atoms with van der Waals surface area (Å²) in [4.78, 5) is 10.8. The second-order valence-electron chi connectivity index (χ2n) is 7.79. The lowest BCUT2D eigenvalue weighted by Crippen LogP contribution is -2.58. The Morgan fingerprint density at radius 1 is 1.00 bits per heavy atom. The second-order valence-corrected chi connectivity index (χ2v) is 9.62. The first-order chi connectivity index (χ1) is 14.9. The lowest BCUT2D eigenvalue weighted by atomic mass is 9.87. The standard InChI is InChI=1S/C22H28N6O2S/c1-2-27(17-11-5-3-6-12-17)31(29,30)19-14-8-7-13-18(19)28-21(24)25-20(23)26-22(28)15-9-4-10-16-22/h3,5-8,11-14H,2,4,9-10,15-16H2,1H3,(H4,23,24,25,26). The molecule has 0 saturated heterocycles. The van der Waals surface area contributed by atoms with Crippen molar-refractivity contribution >= 4 is 33.3 Å². The Morgan fingerprint density at radius 3 is 2.32 bits per heavy atom. The normalized spacial score (nSPS) is 18.4. The van der Waals surface area contributed by atoms with Crippen LogP contribution in [0, 0.1) is 0 Å². The molecule has 8 nitrogen and oxygen atoms in total. The fourth-order valence-electron chi connectivity index (χ4n) is 4.53. The van der Waals surface area contributed by atoms with Gasteiger partial charge in [-0.15, -0.1) is 0 Å². The zero-order valence-electron chi connectivity index (χ0n) is 17.6. The number of para-hydroxylation sites is 2. The number of rotatable bonds is 5. The van der Waals surface area contributed by atoms with Gasteiger partial charge in [0.15, 0.2) is 0 Å². The highest BCUT2D eigenvalue weighted by Gasteiger charge is 2.44. The first-order valence-electron chi connectivity index (χ1n) is 10.6. The maximum absolute atomic E-state index is 13.8. The summed E-state index contributed by atoms with van der Waals surface area (Å²) in [5.41, 5.74) is 12.7. The zero-order valence-corrected chi connectivity index (χ0v) is 18.4. The number of guanidine groups is 2. The Balaban J connectivity index is 1.86. The summed E-state index contributed by atoms with van der Waals surface area (Å²) in [6, 6.07) is 16.0. The van der Waals surface area contributed by atoms with Gasteiger partial charge in [0.05, 0.1) is 11.4 Å². The Labute approximate surface area is 183 Å². The molecule has 2 aromatic rings. The van der Waals surface area contributed by atoms with Crippen molar-refractivity contribution in [3.05, 3.63) is 54.6 Å². The third kappa shape index (κ3) is 3.74. The van der Waals surface area contributed by atoms with Crippen molar-refractivity contribution in [1.82, 2.24) is 0 Å². The third-order valence-electron chi connectivity index (χ3n) is 5.86. The molecule has 2 aliphatic rings. The Morgan fingerprint density at radius 2 is 1.65 bits per heavy atom. The molecule has 0 radical (unpaired) electrons. The first-order valence-corrected chi connectivity index (χ1v) is 12.0. The van der Waals surface area contributed by atoms with E-state index in [2.05, 4.69) is 9.98 Å². The maximum Gasteiger partial charge on any atom is 0.266 e. The van der Waals surface area contributed by atoms with E-state index in [1.54, 1.807) is 41.3 Å². The van der Waals surface area contributed by atoms with Gasteiger partial charge in [-0.25, -0.2) is 13.4 Å². The minimum atomic E-state index is -3.88. The van der Waals surface area contributed by atoms with Gasteiger partial charge in [0.1, 0.15) is 10.6 Å². The molecule has 9 heteroatoms. The molecular weight excluding hydrogens is 412 g/mol. The monoisotopic (exact) mass is 440 g/mol. The molecule has 1 spiro atoms. The average Bonchev–Trinajstić information content (AvgIpc) is 2.75. The molecule has 0 bridgehead atoms. The highest BCUT2D eigenvalue weighted by molar-refractivity contribution is 7.93. The van der Waals surface area contributed by atoms with Crippen LogP contribution in [0.15, 0.2) is 69.5 Å². The van der Waals surface area contributed by atoms with E-state index in [4.69, 9.17) is 11.5 Å². The number of nitrogens with two attached hydrogens (primary N) is 2. The van der Waals surface area contributed by atoms with Crippen molar-refractivity contribution in [1.29, 1.82) is 0 Å². The number of aliphatic imine (C=N–C) groups is 2. The second kappa shape index (κ2) is 8.22. The molecule has 1 heterocycles. The third-order valence-corrected chi connectivity index (χ3v) is 7.81. The highest BCUT2D eigenvalue weighted by atomic mass is 32.2. The van der Waals surface area contributed by atoms with Gasteiger partial charge in [-0.3, -0.25) is 9.21 Å². The largest absolute Gasteiger partial charge is 0.369 e. The van der Waals surface area contributed by atoms with Crippen LogP contribution in [0.3, 0.4) is 0 Å². The molecule has 31 heavy (non-hydrogen) atoms. The van der Waals surface area contributed by atoms with Gasteiger partial charge >= 0.3 is 0 Å². The molecule has 0 amide bonds. The van der Waals surface area contributed by atoms with Gasteiger partial charge in [0.2, 0.25) is 11.9 Å². The lowest BCUT2D eigenvalue weighted by Gasteiger charge is -2.46. The number of benzene rings is 2. The van der Waals surface area contributed by atoms with E-state index in [1.165, 1.54) is 4.31 Å². The number of hydrogen-bond donors (Lipinski definition) is 2. The molecule has 1 aliphatic carbocycles. The predicted octanol–water partition coefficient (Wildman–Crippen LogP) is 3.01. The van der Waals surface area contributed by atoms with E-state index in [0.29, 0.717) is 17.9 Å². The predicted molar refractivity (Wildman–Crippen MR) is 125 cm³/mol. The first kappa shape index (κ1) is 21.2. The lowest BCUT2D eigenvalue weighted by molar-refractivity contribution is 0.305. The Hall–Kier alpha value is -3.07. The summed E-state index contributed by atoms with van der Waals surface area (Å²) in [6.07, 6.45) is 4.48. The van der Waals surface area contributed by atoms with Crippen LogP contribution in [-0.4, -0.2) is 32.5 Å². The molecule has 1 saturated carbocycles. The molecule has 0 atom stereocenters. The molecule has 0 aromatic heterocycles. The minimum absolute atomic E-state index is 0.135. The van der Waals surface area contributed by atoms with Crippen molar-refractivity contribution < 1.29 is 8.42 Å². The van der Waals surface area contributed by atoms with Crippen LogP contribution in [-0.2, 0) is 10.0 Å². The van der Waals surface area contributed by atoms with Gasteiger partial charge in [0, 0.05) is 6.54 Å². The topological polar surface area (TPSA) is 117 Å².